The number of rotatable bonds is 6. The zero-order valence-corrected chi connectivity index (χ0v) is 12.9. The molecule has 2 fully saturated rings. The molecule has 0 aromatic heterocycles. The molecular formula is C18H28N2. The van der Waals surface area contributed by atoms with Crippen molar-refractivity contribution in [1.82, 2.24) is 10.2 Å². The first kappa shape index (κ1) is 14.1. The van der Waals surface area contributed by atoms with Gasteiger partial charge in [0.05, 0.1) is 0 Å². The highest BCUT2D eigenvalue weighted by atomic mass is 15.2. The minimum atomic E-state index is 0.604. The Balaban J connectivity index is 1.68. The first-order valence-corrected chi connectivity index (χ1v) is 8.30. The second-order valence-corrected chi connectivity index (χ2v) is 6.62. The maximum atomic E-state index is 3.61. The summed E-state index contributed by atoms with van der Waals surface area (Å²) in [6.07, 6.45) is 5.34. The molecule has 0 bridgehead atoms. The smallest absolute Gasteiger partial charge is 0.0385 e. The zero-order valence-electron chi connectivity index (χ0n) is 12.9. The molecular weight excluding hydrogens is 244 g/mol. The Morgan fingerprint density at radius 2 is 1.80 bits per heavy atom. The summed E-state index contributed by atoms with van der Waals surface area (Å²) in [7, 11) is 2.28. The topological polar surface area (TPSA) is 15.3 Å². The van der Waals surface area contributed by atoms with Crippen LogP contribution in [-0.2, 0) is 0 Å². The summed E-state index contributed by atoms with van der Waals surface area (Å²) < 4.78 is 0. The van der Waals surface area contributed by atoms with Crippen LogP contribution in [0.1, 0.15) is 55.7 Å². The SMILES string of the molecule is CCCNCC1CCN(C)C1c1ccc(C2CC2)cc1. The molecule has 1 saturated heterocycles. The van der Waals surface area contributed by atoms with Crippen LogP contribution < -0.4 is 5.32 Å². The van der Waals surface area contributed by atoms with E-state index in [1.54, 1.807) is 5.56 Å². The molecule has 1 heterocycles. The van der Waals surface area contributed by atoms with Crippen LogP contribution in [-0.4, -0.2) is 31.6 Å². The number of nitrogens with zero attached hydrogens (tertiary/aromatic N) is 1. The van der Waals surface area contributed by atoms with Crippen molar-refractivity contribution in [3.8, 4) is 0 Å². The van der Waals surface area contributed by atoms with E-state index in [-0.39, 0.29) is 0 Å². The Kier molecular flexibility index (Phi) is 4.42. The van der Waals surface area contributed by atoms with Gasteiger partial charge in [0.1, 0.15) is 0 Å². The highest BCUT2D eigenvalue weighted by Gasteiger charge is 2.32. The van der Waals surface area contributed by atoms with E-state index in [4.69, 9.17) is 0 Å². The van der Waals surface area contributed by atoms with Gasteiger partial charge in [-0.1, -0.05) is 31.2 Å². The standard InChI is InChI=1S/C18H28N2/c1-3-11-19-13-17-10-12-20(2)18(17)16-8-6-15(7-9-16)14-4-5-14/h6-9,14,17-19H,3-5,10-13H2,1-2H3. The molecule has 2 heteroatoms. The van der Waals surface area contributed by atoms with E-state index in [0.29, 0.717) is 6.04 Å². The summed E-state index contributed by atoms with van der Waals surface area (Å²) in [5.74, 6) is 1.63. The van der Waals surface area contributed by atoms with Crippen molar-refractivity contribution in [2.45, 2.75) is 44.6 Å². The first-order chi connectivity index (χ1) is 9.79. The minimum absolute atomic E-state index is 0.604. The van der Waals surface area contributed by atoms with Crippen LogP contribution >= 0.6 is 0 Å². The molecule has 2 unspecified atom stereocenters. The molecule has 1 aromatic carbocycles. The van der Waals surface area contributed by atoms with Gasteiger partial charge in [-0.3, -0.25) is 4.90 Å². The van der Waals surface area contributed by atoms with Crippen LogP contribution in [0.4, 0.5) is 0 Å². The number of nitrogens with one attached hydrogen (secondary N) is 1. The first-order valence-electron chi connectivity index (χ1n) is 8.30. The van der Waals surface area contributed by atoms with E-state index in [2.05, 4.69) is 48.5 Å². The monoisotopic (exact) mass is 272 g/mol. The molecule has 2 nitrogen and oxygen atoms in total. The van der Waals surface area contributed by atoms with E-state index in [0.717, 1.165) is 24.9 Å². The molecule has 1 N–H and O–H groups in total. The van der Waals surface area contributed by atoms with Gasteiger partial charge in [-0.25, -0.2) is 0 Å². The highest BCUT2D eigenvalue weighted by Crippen LogP contribution is 2.41. The fourth-order valence-electron chi connectivity index (χ4n) is 3.61. The van der Waals surface area contributed by atoms with E-state index < -0.39 is 0 Å². The maximum absolute atomic E-state index is 3.61. The Morgan fingerprint density at radius 3 is 2.45 bits per heavy atom. The molecule has 0 amide bonds. The Bertz CT molecular complexity index is 422. The predicted molar refractivity (Wildman–Crippen MR) is 85.1 cm³/mol. The summed E-state index contributed by atoms with van der Waals surface area (Å²) in [6, 6.07) is 10.1. The third kappa shape index (κ3) is 3.07. The summed E-state index contributed by atoms with van der Waals surface area (Å²) in [5, 5.41) is 3.61. The van der Waals surface area contributed by atoms with Crippen LogP contribution in [0.5, 0.6) is 0 Å². The van der Waals surface area contributed by atoms with Crippen LogP contribution in [0.3, 0.4) is 0 Å². The third-order valence-electron chi connectivity index (χ3n) is 4.93. The molecule has 20 heavy (non-hydrogen) atoms. The third-order valence-corrected chi connectivity index (χ3v) is 4.93. The van der Waals surface area contributed by atoms with E-state index in [9.17, 15) is 0 Å². The second kappa shape index (κ2) is 6.28. The van der Waals surface area contributed by atoms with Gasteiger partial charge in [-0.15, -0.1) is 0 Å². The van der Waals surface area contributed by atoms with Crippen molar-refractivity contribution in [2.75, 3.05) is 26.7 Å². The lowest BCUT2D eigenvalue weighted by Gasteiger charge is -2.26. The van der Waals surface area contributed by atoms with Crippen LogP contribution in [0, 0.1) is 5.92 Å². The van der Waals surface area contributed by atoms with E-state index >= 15 is 0 Å². The molecule has 1 aliphatic heterocycles. The van der Waals surface area contributed by atoms with Crippen molar-refractivity contribution in [3.63, 3.8) is 0 Å². The molecule has 3 rings (SSSR count). The number of hydrogen-bond acceptors (Lipinski definition) is 2. The second-order valence-electron chi connectivity index (χ2n) is 6.62. The van der Waals surface area contributed by atoms with Gasteiger partial charge in [-0.05, 0) is 75.3 Å². The molecule has 0 radical (unpaired) electrons. The maximum Gasteiger partial charge on any atom is 0.0385 e. The van der Waals surface area contributed by atoms with Gasteiger partial charge >= 0.3 is 0 Å². The molecule has 2 atom stereocenters. The normalized spacial score (nSPS) is 27.1. The van der Waals surface area contributed by atoms with Gasteiger partial charge in [0.25, 0.3) is 0 Å². The van der Waals surface area contributed by atoms with Crippen LogP contribution in [0.25, 0.3) is 0 Å². The Hall–Kier alpha value is -0.860. The minimum Gasteiger partial charge on any atom is -0.316 e. The largest absolute Gasteiger partial charge is 0.316 e. The van der Waals surface area contributed by atoms with Gasteiger partial charge in [-0.2, -0.15) is 0 Å². The van der Waals surface area contributed by atoms with E-state index in [1.807, 2.05) is 0 Å². The lowest BCUT2D eigenvalue weighted by atomic mass is 9.92. The van der Waals surface area contributed by atoms with Crippen molar-refractivity contribution >= 4 is 0 Å². The highest BCUT2D eigenvalue weighted by molar-refractivity contribution is 5.30. The van der Waals surface area contributed by atoms with Gasteiger partial charge < -0.3 is 5.32 Å². The van der Waals surface area contributed by atoms with Gasteiger partial charge in [0.2, 0.25) is 0 Å². The molecule has 0 spiro atoms. The van der Waals surface area contributed by atoms with Crippen molar-refractivity contribution in [2.24, 2.45) is 5.92 Å². The molecule has 1 aliphatic carbocycles. The van der Waals surface area contributed by atoms with Crippen molar-refractivity contribution < 1.29 is 0 Å². The fraction of sp³-hybridized carbons (Fsp3) is 0.667. The Morgan fingerprint density at radius 1 is 1.10 bits per heavy atom. The van der Waals surface area contributed by atoms with Crippen molar-refractivity contribution in [1.29, 1.82) is 0 Å². The van der Waals surface area contributed by atoms with Gasteiger partial charge in [0.15, 0.2) is 0 Å². The van der Waals surface area contributed by atoms with E-state index in [1.165, 1.54) is 37.8 Å². The lowest BCUT2D eigenvalue weighted by molar-refractivity contribution is 0.272. The average Bonchev–Trinajstić information content (AvgIpc) is 3.25. The van der Waals surface area contributed by atoms with Crippen molar-refractivity contribution in [3.05, 3.63) is 35.4 Å². The number of hydrogen-bond donors (Lipinski definition) is 1. The fourth-order valence-corrected chi connectivity index (χ4v) is 3.61. The summed E-state index contributed by atoms with van der Waals surface area (Å²) in [4.78, 5) is 2.53. The number of likely N-dealkylation sites (tertiary alicyclic amines) is 1. The summed E-state index contributed by atoms with van der Waals surface area (Å²) in [6.45, 7) is 5.77. The molecule has 110 valence electrons. The quantitative estimate of drug-likeness (QED) is 0.797. The molecule has 2 aliphatic rings. The Labute approximate surface area is 123 Å². The predicted octanol–water partition coefficient (Wildman–Crippen LogP) is 3.56. The van der Waals surface area contributed by atoms with Crippen LogP contribution in [0.15, 0.2) is 24.3 Å². The number of benzene rings is 1. The molecule has 1 saturated carbocycles. The zero-order chi connectivity index (χ0) is 13.9. The lowest BCUT2D eigenvalue weighted by Crippen LogP contribution is -2.28. The van der Waals surface area contributed by atoms with Crippen LogP contribution in [0.2, 0.25) is 0 Å². The van der Waals surface area contributed by atoms with Gasteiger partial charge in [0, 0.05) is 6.04 Å². The summed E-state index contributed by atoms with van der Waals surface area (Å²) in [5.41, 5.74) is 3.06. The summed E-state index contributed by atoms with van der Waals surface area (Å²) >= 11 is 0. The average molecular weight is 272 g/mol. The molecule has 1 aromatic rings.